The Bertz CT molecular complexity index is 1780. The lowest BCUT2D eigenvalue weighted by atomic mass is 9.33. The molecule has 0 saturated heterocycles. The number of allylic oxidation sites excluding steroid dienone is 5. The van der Waals surface area contributed by atoms with Crippen LogP contribution in [0.4, 0.5) is 0 Å². The molecule has 55 heavy (non-hydrogen) atoms. The smallest absolute Gasteiger partial charge is 0.309 e. The van der Waals surface area contributed by atoms with Gasteiger partial charge in [-0.25, -0.2) is 0 Å². The molecule has 7 rings (SSSR count). The first-order valence-corrected chi connectivity index (χ1v) is 22.1. The summed E-state index contributed by atoms with van der Waals surface area (Å²) in [7, 11) is 0. The lowest BCUT2D eigenvalue weighted by Gasteiger charge is -2.71. The molecule has 0 spiro atoms. The maximum Gasteiger partial charge on any atom is 0.309 e. The van der Waals surface area contributed by atoms with Crippen LogP contribution >= 0.6 is 11.6 Å². The molecule has 5 nitrogen and oxygen atoms in total. The summed E-state index contributed by atoms with van der Waals surface area (Å²) in [5, 5.41) is 16.5. The van der Waals surface area contributed by atoms with Crippen LogP contribution in [0.15, 0.2) is 58.7 Å². The van der Waals surface area contributed by atoms with Crippen LogP contribution in [0, 0.1) is 56.7 Å². The largest absolute Gasteiger partial charge is 0.460 e. The molecule has 0 radical (unpaired) electrons. The predicted octanol–water partition coefficient (Wildman–Crippen LogP) is 11.4. The summed E-state index contributed by atoms with van der Waals surface area (Å²) in [5.74, 6) is 1.80. The van der Waals surface area contributed by atoms with E-state index in [0.717, 1.165) is 61.1 Å². The van der Waals surface area contributed by atoms with Crippen LogP contribution in [0.25, 0.3) is 0 Å². The van der Waals surface area contributed by atoms with Gasteiger partial charge in [0, 0.05) is 29.9 Å². The quantitative estimate of drug-likeness (QED) is 0.257. The van der Waals surface area contributed by atoms with Crippen molar-refractivity contribution in [1.82, 2.24) is 5.32 Å². The minimum atomic E-state index is -0.616. The molecule has 0 bridgehead atoms. The number of ether oxygens (including phenoxy) is 1. The van der Waals surface area contributed by atoms with Gasteiger partial charge in [-0.05, 0) is 165 Å². The Morgan fingerprint density at radius 1 is 0.945 bits per heavy atom. The van der Waals surface area contributed by atoms with Crippen molar-refractivity contribution in [3.8, 4) is 0 Å². The minimum Gasteiger partial charge on any atom is -0.460 e. The fourth-order valence-corrected chi connectivity index (χ4v) is 14.2. The summed E-state index contributed by atoms with van der Waals surface area (Å²) in [5.41, 5.74) is 5.98. The Kier molecular flexibility index (Phi) is 10.6. The van der Waals surface area contributed by atoms with Crippen molar-refractivity contribution in [2.75, 3.05) is 6.54 Å². The number of benzene rings is 1. The number of esters is 1. The van der Waals surface area contributed by atoms with E-state index in [1.54, 1.807) is 0 Å². The Hall–Kier alpha value is -2.21. The highest BCUT2D eigenvalue weighted by molar-refractivity contribution is 6.30. The van der Waals surface area contributed by atoms with Gasteiger partial charge in [-0.3, -0.25) is 9.59 Å². The van der Waals surface area contributed by atoms with Gasteiger partial charge in [0.25, 0.3) is 0 Å². The fourth-order valence-electron chi connectivity index (χ4n) is 14.1. The van der Waals surface area contributed by atoms with E-state index in [1.807, 2.05) is 45.0 Å². The number of carbonyl (C=O) groups is 2. The zero-order valence-electron chi connectivity index (χ0n) is 35.7. The average Bonchev–Trinajstić information content (AvgIpc) is 3.42. The van der Waals surface area contributed by atoms with Gasteiger partial charge in [0.2, 0.25) is 0 Å². The molecule has 2 N–H and O–H groups in total. The topological polar surface area (TPSA) is 75.6 Å². The first kappa shape index (κ1) is 41.0. The van der Waals surface area contributed by atoms with Crippen molar-refractivity contribution in [2.45, 2.75) is 158 Å². The molecule has 9 atom stereocenters. The molecule has 6 aliphatic carbocycles. The molecule has 0 aromatic heterocycles. The van der Waals surface area contributed by atoms with Crippen LogP contribution in [0.5, 0.6) is 0 Å². The molecule has 6 heteroatoms. The van der Waals surface area contributed by atoms with E-state index >= 15 is 0 Å². The molecule has 302 valence electrons. The first-order chi connectivity index (χ1) is 25.7. The van der Waals surface area contributed by atoms with E-state index in [4.69, 9.17) is 16.3 Å². The van der Waals surface area contributed by atoms with Crippen LogP contribution < -0.4 is 5.32 Å². The summed E-state index contributed by atoms with van der Waals surface area (Å²) in [4.78, 5) is 27.0. The van der Waals surface area contributed by atoms with E-state index in [1.165, 1.54) is 36.0 Å². The van der Waals surface area contributed by atoms with Gasteiger partial charge >= 0.3 is 5.97 Å². The highest BCUT2D eigenvalue weighted by Crippen LogP contribution is 2.77. The second-order valence-corrected chi connectivity index (χ2v) is 21.8. The van der Waals surface area contributed by atoms with E-state index < -0.39 is 17.1 Å². The lowest BCUT2D eigenvalue weighted by molar-refractivity contribution is -0.202. The Morgan fingerprint density at radius 2 is 1.65 bits per heavy atom. The van der Waals surface area contributed by atoms with Gasteiger partial charge in [0.15, 0.2) is 5.78 Å². The number of ketones is 1. The van der Waals surface area contributed by atoms with E-state index in [2.05, 4.69) is 65.9 Å². The molecule has 6 aliphatic rings. The molecule has 0 aliphatic heterocycles. The highest BCUT2D eigenvalue weighted by Gasteiger charge is 2.70. The van der Waals surface area contributed by atoms with Crippen molar-refractivity contribution in [3.05, 3.63) is 69.3 Å². The number of fused-ring (bicyclic) bond motifs is 7. The van der Waals surface area contributed by atoms with Gasteiger partial charge in [0.1, 0.15) is 5.60 Å². The molecule has 1 unspecified atom stereocenters. The Labute approximate surface area is 337 Å². The van der Waals surface area contributed by atoms with Gasteiger partial charge in [-0.15, -0.1) is 0 Å². The van der Waals surface area contributed by atoms with Gasteiger partial charge < -0.3 is 15.2 Å². The molecular weight excluding hydrogens is 702 g/mol. The highest BCUT2D eigenvalue weighted by atomic mass is 35.5. The molecule has 3 saturated carbocycles. The van der Waals surface area contributed by atoms with Gasteiger partial charge in [-0.2, -0.15) is 0 Å². The number of aliphatic hydroxyl groups excluding tert-OH is 1. The zero-order valence-corrected chi connectivity index (χ0v) is 36.4. The number of hydrogen-bond acceptors (Lipinski definition) is 5. The number of halogens is 1. The summed E-state index contributed by atoms with van der Waals surface area (Å²) < 4.78 is 5.76. The summed E-state index contributed by atoms with van der Waals surface area (Å²) in [6, 6.07) is 7.88. The van der Waals surface area contributed by atoms with Crippen LogP contribution in [0.2, 0.25) is 5.02 Å². The fraction of sp³-hybridized carbons (Fsp3) is 0.714. The summed E-state index contributed by atoms with van der Waals surface area (Å²) in [6.45, 7) is 24.3. The van der Waals surface area contributed by atoms with Gasteiger partial charge in [0.05, 0.1) is 12.0 Å². The Morgan fingerprint density at radius 3 is 2.29 bits per heavy atom. The monoisotopic (exact) mass is 771 g/mol. The first-order valence-electron chi connectivity index (χ1n) is 21.7. The average molecular weight is 773 g/mol. The summed E-state index contributed by atoms with van der Waals surface area (Å²) >= 11 is 6.13. The van der Waals surface area contributed by atoms with Crippen LogP contribution in [0.1, 0.15) is 145 Å². The third-order valence-electron chi connectivity index (χ3n) is 16.8. The second kappa shape index (κ2) is 14.3. The van der Waals surface area contributed by atoms with Crippen LogP contribution in [-0.2, 0) is 20.9 Å². The zero-order chi connectivity index (χ0) is 39.9. The second-order valence-electron chi connectivity index (χ2n) is 21.4. The third kappa shape index (κ3) is 6.67. The molecule has 1 aromatic carbocycles. The Balaban J connectivity index is 1.15. The molecule has 0 amide bonds. The maximum absolute atomic E-state index is 14.1. The normalized spacial score (nSPS) is 37.7. The maximum atomic E-state index is 14.1. The summed E-state index contributed by atoms with van der Waals surface area (Å²) in [6.07, 6.45) is 15.1. The minimum absolute atomic E-state index is 0.0469. The number of carbonyl (C=O) groups excluding carboxylic acids is 2. The van der Waals surface area contributed by atoms with Gasteiger partial charge in [-0.1, -0.05) is 89.9 Å². The van der Waals surface area contributed by atoms with Crippen molar-refractivity contribution >= 4 is 23.4 Å². The number of nitrogens with one attached hydrogen (secondary N) is 1. The number of Topliss-reactive ketones (excluding diaryl/α,β-unsaturated/α-hetero) is 1. The van der Waals surface area contributed by atoms with E-state index in [9.17, 15) is 14.7 Å². The van der Waals surface area contributed by atoms with Crippen molar-refractivity contribution in [1.29, 1.82) is 0 Å². The van der Waals surface area contributed by atoms with Crippen LogP contribution in [0.3, 0.4) is 0 Å². The molecular formula is C49H70ClNO4. The standard InChI is InChI=1S/C49H70ClNO4/c1-30(2)41-37(52)27-49(40(53)29-51-28-31-11-17-34(50)18-12-31)26-25-47(9)36(42(41)49)19-20-39-46(8)23-21-35(45(6,7)38(46)22-24-48(39,47)10)32-13-15-33(16-14-32)43(54)55-44(3,4)5/h11-13,17-18,21,30,33,36,38-40,51,53H,14-16,19-20,22-29H2,1-10H3/t33?,36-,38+,39-,40+,46+,47-,48-,49+/m1/s1. The number of aliphatic hydroxyl groups is 1. The van der Waals surface area contributed by atoms with Crippen LogP contribution in [-0.4, -0.2) is 35.1 Å². The SMILES string of the molecule is CC(C)C1=C2[C@H]3CC[C@@H]4[C@@]5(C)CC=C(C6=CCC(C(=O)OC(C)(C)C)CC6)C(C)(C)[C@@H]5CC[C@@]4(C)[C@]3(C)CC[C@@]2([C@@H](O)CNCc2ccc(Cl)cc2)CC1=O. The van der Waals surface area contributed by atoms with Crippen molar-refractivity contribution in [3.63, 3.8) is 0 Å². The van der Waals surface area contributed by atoms with Crippen molar-refractivity contribution in [2.24, 2.45) is 56.7 Å². The van der Waals surface area contributed by atoms with Crippen molar-refractivity contribution < 1.29 is 19.4 Å². The predicted molar refractivity (Wildman–Crippen MR) is 223 cm³/mol. The lowest BCUT2D eigenvalue weighted by Crippen LogP contribution is -2.64. The molecule has 0 heterocycles. The number of rotatable bonds is 8. The molecule has 1 aromatic rings. The third-order valence-corrected chi connectivity index (χ3v) is 17.0. The van der Waals surface area contributed by atoms with E-state index in [0.29, 0.717) is 37.3 Å². The van der Waals surface area contributed by atoms with E-state index in [-0.39, 0.29) is 45.2 Å². The molecule has 3 fully saturated rings. The number of hydrogen-bond donors (Lipinski definition) is 2.